The zero-order valence-electron chi connectivity index (χ0n) is 27.0. The first kappa shape index (κ1) is 35.2. The molecule has 9 nitrogen and oxygen atoms in total. The Morgan fingerprint density at radius 3 is 2.15 bits per heavy atom. The topological polar surface area (TPSA) is 124 Å². The largest absolute Gasteiger partial charge is 0.480 e. The van der Waals surface area contributed by atoms with E-state index in [0.717, 1.165) is 16.9 Å². The Kier molecular flexibility index (Phi) is 12.4. The first-order valence-corrected chi connectivity index (χ1v) is 18.8. The molecule has 2 aliphatic heterocycles. The molecule has 48 heavy (non-hydrogen) atoms. The molecule has 5 rings (SSSR count). The van der Waals surface area contributed by atoms with E-state index in [0.29, 0.717) is 43.2 Å². The summed E-state index contributed by atoms with van der Waals surface area (Å²) < 4.78 is 0. The van der Waals surface area contributed by atoms with Crippen molar-refractivity contribution in [2.24, 2.45) is 0 Å². The summed E-state index contributed by atoms with van der Waals surface area (Å²) in [7, 11) is 3.01. The van der Waals surface area contributed by atoms with Gasteiger partial charge in [0.05, 0.1) is 16.4 Å². The van der Waals surface area contributed by atoms with E-state index in [1.165, 1.54) is 20.6 Å². The number of carbonyl (C=O) groups is 5. The van der Waals surface area contributed by atoms with Crippen LogP contribution in [0.3, 0.4) is 0 Å². The summed E-state index contributed by atoms with van der Waals surface area (Å²) in [5.41, 5.74) is 2.69. The van der Waals surface area contributed by atoms with Gasteiger partial charge in [0.25, 0.3) is 11.8 Å². The first-order valence-electron chi connectivity index (χ1n) is 16.4. The van der Waals surface area contributed by atoms with E-state index in [-0.39, 0.29) is 49.1 Å². The highest BCUT2D eigenvalue weighted by Gasteiger charge is 2.40. The van der Waals surface area contributed by atoms with Gasteiger partial charge in [-0.3, -0.25) is 24.1 Å². The predicted molar refractivity (Wildman–Crippen MR) is 189 cm³/mol. The fourth-order valence-electron chi connectivity index (χ4n) is 6.41. The standard InChI is InChI=1S/C37H41N3O6S2/c1-2-47-48-32(19-11-12-21-40-34(42)28-17-9-10-18-29(28)35(40)43)33(41)38-30-24-27(26-15-7-4-8-16-26)20-22-39(36(30)44)31(37(45)46)23-25-13-5-3-6-14-25/h3-10,13-18,27,30-32H,2,11-12,19-24H2,1H3,(H,38,41)(H,45,46). The van der Waals surface area contributed by atoms with Crippen molar-refractivity contribution in [1.82, 2.24) is 15.1 Å². The lowest BCUT2D eigenvalue weighted by Crippen LogP contribution is -2.54. The minimum absolute atomic E-state index is 0.0487. The highest BCUT2D eigenvalue weighted by molar-refractivity contribution is 8.77. The normalized spacial score (nSPS) is 19.1. The van der Waals surface area contributed by atoms with Gasteiger partial charge >= 0.3 is 5.97 Å². The Balaban J connectivity index is 1.28. The molecule has 252 valence electrons. The molecular formula is C37H41N3O6S2. The SMILES string of the molecule is CCSSC(CCCCN1C(=O)c2ccccc2C1=O)C(=O)NC1CC(c2ccccc2)CCN(C(Cc2ccccc2)C(=O)O)C1=O. The van der Waals surface area contributed by atoms with Gasteiger partial charge in [0.2, 0.25) is 11.8 Å². The third-order valence-corrected chi connectivity index (χ3v) is 11.8. The van der Waals surface area contributed by atoms with Gasteiger partial charge in [-0.05, 0) is 54.9 Å². The van der Waals surface area contributed by atoms with Crippen LogP contribution in [0.15, 0.2) is 84.9 Å². The van der Waals surface area contributed by atoms with Crippen molar-refractivity contribution in [3.8, 4) is 0 Å². The smallest absolute Gasteiger partial charge is 0.326 e. The number of fused-ring (bicyclic) bond motifs is 1. The van der Waals surface area contributed by atoms with Gasteiger partial charge in [0, 0.05) is 25.3 Å². The van der Waals surface area contributed by atoms with Crippen molar-refractivity contribution in [3.05, 3.63) is 107 Å². The number of benzene rings is 3. The number of carboxylic acid groups (broad SMARTS) is 1. The lowest BCUT2D eigenvalue weighted by atomic mass is 9.90. The quantitative estimate of drug-likeness (QED) is 0.117. The number of unbranched alkanes of at least 4 members (excludes halogenated alkanes) is 1. The molecule has 2 N–H and O–H groups in total. The Bertz CT molecular complexity index is 1570. The highest BCUT2D eigenvalue weighted by Crippen LogP contribution is 2.33. The third-order valence-electron chi connectivity index (χ3n) is 8.91. The van der Waals surface area contributed by atoms with Crippen molar-refractivity contribution in [2.45, 2.75) is 68.7 Å². The summed E-state index contributed by atoms with van der Waals surface area (Å²) >= 11 is 0. The van der Waals surface area contributed by atoms with Gasteiger partial charge in [-0.15, -0.1) is 0 Å². The number of nitrogens with zero attached hydrogens (tertiary/aromatic N) is 2. The molecule has 0 aliphatic carbocycles. The van der Waals surface area contributed by atoms with Crippen molar-refractivity contribution in [1.29, 1.82) is 0 Å². The van der Waals surface area contributed by atoms with E-state index in [9.17, 15) is 29.1 Å². The second-order valence-electron chi connectivity index (χ2n) is 12.1. The number of rotatable bonds is 15. The fraction of sp³-hybridized carbons (Fsp3) is 0.378. The van der Waals surface area contributed by atoms with Crippen LogP contribution in [0.1, 0.15) is 76.8 Å². The van der Waals surface area contributed by atoms with Crippen LogP contribution in [0.25, 0.3) is 0 Å². The Morgan fingerprint density at radius 1 is 0.896 bits per heavy atom. The molecule has 4 unspecified atom stereocenters. The van der Waals surface area contributed by atoms with Gasteiger partial charge in [-0.2, -0.15) is 0 Å². The Hall–Kier alpha value is -4.09. The first-order chi connectivity index (χ1) is 23.3. The average molecular weight is 688 g/mol. The number of likely N-dealkylation sites (tertiary alicyclic amines) is 1. The van der Waals surface area contributed by atoms with Gasteiger partial charge in [-0.25, -0.2) is 4.79 Å². The zero-order chi connectivity index (χ0) is 34.0. The molecule has 2 aliphatic rings. The van der Waals surface area contributed by atoms with Gasteiger partial charge in [0.15, 0.2) is 0 Å². The molecule has 4 atom stereocenters. The molecule has 0 aromatic heterocycles. The number of carbonyl (C=O) groups excluding carboxylic acids is 4. The van der Waals surface area contributed by atoms with E-state index in [1.54, 1.807) is 35.1 Å². The number of hydrogen-bond acceptors (Lipinski definition) is 7. The average Bonchev–Trinajstić information content (AvgIpc) is 3.23. The monoisotopic (exact) mass is 687 g/mol. The lowest BCUT2D eigenvalue weighted by Gasteiger charge is -2.31. The molecule has 1 saturated heterocycles. The molecule has 3 aromatic carbocycles. The zero-order valence-corrected chi connectivity index (χ0v) is 28.6. The van der Waals surface area contributed by atoms with Crippen molar-refractivity contribution < 1.29 is 29.1 Å². The van der Waals surface area contributed by atoms with Gasteiger partial charge in [0.1, 0.15) is 12.1 Å². The number of imide groups is 1. The Morgan fingerprint density at radius 2 is 1.52 bits per heavy atom. The minimum atomic E-state index is -1.08. The number of hydrogen-bond donors (Lipinski definition) is 2. The van der Waals surface area contributed by atoms with Crippen LogP contribution in [-0.2, 0) is 20.8 Å². The maximum Gasteiger partial charge on any atom is 0.326 e. The summed E-state index contributed by atoms with van der Waals surface area (Å²) in [5, 5.41) is 12.8. The van der Waals surface area contributed by atoms with Crippen molar-refractivity contribution in [3.63, 3.8) is 0 Å². The number of carboxylic acids is 1. The van der Waals surface area contributed by atoms with E-state index in [4.69, 9.17) is 0 Å². The molecule has 0 radical (unpaired) electrons. The highest BCUT2D eigenvalue weighted by atomic mass is 33.1. The number of amides is 4. The van der Waals surface area contributed by atoms with E-state index < -0.39 is 23.3 Å². The second kappa shape index (κ2) is 16.8. The molecule has 0 spiro atoms. The van der Waals surface area contributed by atoms with Crippen LogP contribution in [0.4, 0.5) is 0 Å². The van der Waals surface area contributed by atoms with Crippen LogP contribution in [0.2, 0.25) is 0 Å². The predicted octanol–water partition coefficient (Wildman–Crippen LogP) is 5.81. The summed E-state index contributed by atoms with van der Waals surface area (Å²) in [6.45, 7) is 2.53. The maximum atomic E-state index is 14.2. The summed E-state index contributed by atoms with van der Waals surface area (Å²) in [5.74, 6) is -1.59. The molecule has 3 aromatic rings. The van der Waals surface area contributed by atoms with E-state index >= 15 is 0 Å². The molecule has 11 heteroatoms. The van der Waals surface area contributed by atoms with Crippen LogP contribution in [0, 0.1) is 0 Å². The Labute approximate surface area is 289 Å². The minimum Gasteiger partial charge on any atom is -0.480 e. The van der Waals surface area contributed by atoms with Gasteiger partial charge < -0.3 is 15.3 Å². The second-order valence-corrected chi connectivity index (χ2v) is 14.9. The van der Waals surface area contributed by atoms with E-state index in [2.05, 4.69) is 5.32 Å². The molecular weight excluding hydrogens is 647 g/mol. The fourth-order valence-corrected chi connectivity index (χ4v) is 8.58. The van der Waals surface area contributed by atoms with Crippen LogP contribution in [0.5, 0.6) is 0 Å². The molecule has 1 fully saturated rings. The van der Waals surface area contributed by atoms with Crippen molar-refractivity contribution in [2.75, 3.05) is 18.8 Å². The number of aliphatic carboxylic acids is 1. The number of nitrogens with one attached hydrogen (secondary N) is 1. The molecule has 0 bridgehead atoms. The maximum absolute atomic E-state index is 14.2. The molecule has 4 amide bonds. The van der Waals surface area contributed by atoms with Crippen LogP contribution < -0.4 is 5.32 Å². The summed E-state index contributed by atoms with van der Waals surface area (Å²) in [6.07, 6.45) is 2.72. The third kappa shape index (κ3) is 8.49. The summed E-state index contributed by atoms with van der Waals surface area (Å²) in [4.78, 5) is 68.9. The molecule has 0 saturated carbocycles. The van der Waals surface area contributed by atoms with Crippen molar-refractivity contribution >= 4 is 51.2 Å². The summed E-state index contributed by atoms with van der Waals surface area (Å²) in [6, 6.07) is 23.9. The van der Waals surface area contributed by atoms with Crippen LogP contribution >= 0.6 is 21.6 Å². The van der Waals surface area contributed by atoms with Gasteiger partial charge in [-0.1, -0.05) is 108 Å². The van der Waals surface area contributed by atoms with E-state index in [1.807, 2.05) is 67.6 Å². The molecule has 2 heterocycles. The van der Waals surface area contributed by atoms with Crippen LogP contribution in [-0.4, -0.2) is 80.7 Å². The lowest BCUT2D eigenvalue weighted by molar-refractivity contribution is -0.151.